The van der Waals surface area contributed by atoms with Crippen LogP contribution in [-0.4, -0.2) is 45.8 Å². The summed E-state index contributed by atoms with van der Waals surface area (Å²) in [6.07, 6.45) is 3.30. The minimum atomic E-state index is -3.63. The molecule has 29 heavy (non-hydrogen) atoms. The number of amides is 1. The number of nitrogens with zero attached hydrogens (tertiary/aromatic N) is 2. The van der Waals surface area contributed by atoms with Crippen molar-refractivity contribution in [2.24, 2.45) is 0 Å². The van der Waals surface area contributed by atoms with E-state index in [0.717, 1.165) is 52.7 Å². The van der Waals surface area contributed by atoms with Gasteiger partial charge in [0.05, 0.1) is 10.5 Å². The lowest BCUT2D eigenvalue weighted by Crippen LogP contribution is -2.32. The van der Waals surface area contributed by atoms with Gasteiger partial charge in [-0.2, -0.15) is 0 Å². The number of aryl methyl sites for hydroxylation is 2. The second-order valence-corrected chi connectivity index (χ2v) is 9.94. The maximum absolute atomic E-state index is 13.2. The Morgan fingerprint density at radius 1 is 1.00 bits per heavy atom. The Kier molecular flexibility index (Phi) is 6.29. The van der Waals surface area contributed by atoms with Crippen LogP contribution in [0, 0.1) is 13.8 Å². The zero-order chi connectivity index (χ0) is 21.2. The number of sulfonamides is 1. The van der Waals surface area contributed by atoms with Crippen molar-refractivity contribution in [2.45, 2.75) is 38.0 Å². The third-order valence-electron chi connectivity index (χ3n) is 5.32. The standard InChI is InChI=1S/C22H29N3O3S/c1-16-8-10-20(17(2)14-16)23-22(26)19-15-18(29(27,28)24(3)4)9-11-21(19)25-12-6-5-7-13-25/h8-11,14-15H,5-7,12-13H2,1-4H3,(H,23,26). The maximum Gasteiger partial charge on any atom is 0.257 e. The van der Waals surface area contributed by atoms with Crippen LogP contribution in [0.15, 0.2) is 41.3 Å². The first-order chi connectivity index (χ1) is 13.7. The van der Waals surface area contributed by atoms with Gasteiger partial charge in [-0.05, 0) is 62.9 Å². The van der Waals surface area contributed by atoms with Gasteiger partial charge in [-0.15, -0.1) is 0 Å². The van der Waals surface area contributed by atoms with Gasteiger partial charge in [-0.3, -0.25) is 4.79 Å². The van der Waals surface area contributed by atoms with Crippen molar-refractivity contribution < 1.29 is 13.2 Å². The molecular weight excluding hydrogens is 386 g/mol. The Labute approximate surface area is 173 Å². The predicted molar refractivity (Wildman–Crippen MR) is 117 cm³/mol. The number of hydrogen-bond donors (Lipinski definition) is 1. The highest BCUT2D eigenvalue weighted by Gasteiger charge is 2.24. The molecule has 156 valence electrons. The van der Waals surface area contributed by atoms with E-state index < -0.39 is 10.0 Å². The molecule has 1 amide bonds. The van der Waals surface area contributed by atoms with Gasteiger partial charge in [-0.25, -0.2) is 12.7 Å². The Balaban J connectivity index is 2.03. The molecular formula is C22H29N3O3S. The minimum Gasteiger partial charge on any atom is -0.371 e. The lowest BCUT2D eigenvalue weighted by Gasteiger charge is -2.30. The summed E-state index contributed by atoms with van der Waals surface area (Å²) in [5.41, 5.74) is 3.98. The van der Waals surface area contributed by atoms with E-state index in [1.54, 1.807) is 12.1 Å². The van der Waals surface area contributed by atoms with E-state index in [-0.39, 0.29) is 10.8 Å². The van der Waals surface area contributed by atoms with Crippen LogP contribution in [-0.2, 0) is 10.0 Å². The summed E-state index contributed by atoms with van der Waals surface area (Å²) in [7, 11) is -0.653. The van der Waals surface area contributed by atoms with Crippen molar-refractivity contribution in [1.29, 1.82) is 0 Å². The maximum atomic E-state index is 13.2. The Morgan fingerprint density at radius 3 is 2.31 bits per heavy atom. The molecule has 1 fully saturated rings. The molecule has 6 nitrogen and oxygen atoms in total. The predicted octanol–water partition coefficient (Wildman–Crippen LogP) is 3.80. The normalized spacial score (nSPS) is 14.9. The van der Waals surface area contributed by atoms with Gasteiger partial charge in [0.25, 0.3) is 5.91 Å². The number of benzene rings is 2. The molecule has 1 heterocycles. The van der Waals surface area contributed by atoms with Gasteiger partial charge < -0.3 is 10.2 Å². The molecule has 1 aliphatic rings. The van der Waals surface area contributed by atoms with Gasteiger partial charge >= 0.3 is 0 Å². The Morgan fingerprint density at radius 2 is 1.69 bits per heavy atom. The zero-order valence-electron chi connectivity index (χ0n) is 17.5. The second kappa shape index (κ2) is 8.55. The molecule has 0 aromatic heterocycles. The van der Waals surface area contributed by atoms with E-state index in [1.807, 2.05) is 32.0 Å². The van der Waals surface area contributed by atoms with Crippen LogP contribution < -0.4 is 10.2 Å². The number of carbonyl (C=O) groups excluding carboxylic acids is 1. The highest BCUT2D eigenvalue weighted by Crippen LogP contribution is 2.29. The van der Waals surface area contributed by atoms with Gasteiger partial charge in [-0.1, -0.05) is 17.7 Å². The third-order valence-corrected chi connectivity index (χ3v) is 7.13. The minimum absolute atomic E-state index is 0.119. The van der Waals surface area contributed by atoms with E-state index in [4.69, 9.17) is 0 Å². The van der Waals surface area contributed by atoms with Crippen LogP contribution in [0.3, 0.4) is 0 Å². The highest BCUT2D eigenvalue weighted by atomic mass is 32.2. The van der Waals surface area contributed by atoms with E-state index in [1.165, 1.54) is 26.6 Å². The first kappa shape index (κ1) is 21.3. The Bertz CT molecular complexity index is 1010. The first-order valence-corrected chi connectivity index (χ1v) is 11.3. The van der Waals surface area contributed by atoms with Crippen molar-refractivity contribution in [1.82, 2.24) is 4.31 Å². The molecule has 1 N–H and O–H groups in total. The average molecular weight is 416 g/mol. The highest BCUT2D eigenvalue weighted by molar-refractivity contribution is 7.89. The monoisotopic (exact) mass is 415 g/mol. The summed E-state index contributed by atoms with van der Waals surface area (Å²) in [6, 6.07) is 10.7. The van der Waals surface area contributed by atoms with E-state index in [2.05, 4.69) is 10.2 Å². The van der Waals surface area contributed by atoms with Crippen molar-refractivity contribution in [2.75, 3.05) is 37.4 Å². The van der Waals surface area contributed by atoms with Crippen LogP contribution in [0.1, 0.15) is 40.7 Å². The summed E-state index contributed by atoms with van der Waals surface area (Å²) < 4.78 is 26.4. The fraction of sp³-hybridized carbons (Fsp3) is 0.409. The molecule has 0 unspecified atom stereocenters. The SMILES string of the molecule is Cc1ccc(NC(=O)c2cc(S(=O)(=O)N(C)C)ccc2N2CCCCC2)c(C)c1. The van der Waals surface area contributed by atoms with Crippen molar-refractivity contribution in [3.63, 3.8) is 0 Å². The third kappa shape index (κ3) is 4.62. The van der Waals surface area contributed by atoms with Crippen LogP contribution >= 0.6 is 0 Å². The number of piperidine rings is 1. The topological polar surface area (TPSA) is 69.7 Å². The zero-order valence-corrected chi connectivity index (χ0v) is 18.3. The summed E-state index contributed by atoms with van der Waals surface area (Å²) >= 11 is 0. The number of carbonyl (C=O) groups is 1. The molecule has 2 aromatic rings. The van der Waals surface area contributed by atoms with Crippen LogP contribution in [0.5, 0.6) is 0 Å². The lowest BCUT2D eigenvalue weighted by atomic mass is 10.1. The molecule has 3 rings (SSSR count). The average Bonchev–Trinajstić information content (AvgIpc) is 2.70. The fourth-order valence-electron chi connectivity index (χ4n) is 3.62. The summed E-state index contributed by atoms with van der Waals surface area (Å²) in [5, 5.41) is 2.97. The van der Waals surface area contributed by atoms with Crippen molar-refractivity contribution in [3.05, 3.63) is 53.1 Å². The number of nitrogens with one attached hydrogen (secondary N) is 1. The van der Waals surface area contributed by atoms with Gasteiger partial charge in [0, 0.05) is 38.6 Å². The first-order valence-electron chi connectivity index (χ1n) is 9.90. The molecule has 2 aromatic carbocycles. The summed E-state index contributed by atoms with van der Waals surface area (Å²) in [4.78, 5) is 15.5. The molecule has 1 aliphatic heterocycles. The van der Waals surface area contributed by atoms with Crippen LogP contribution in [0.2, 0.25) is 0 Å². The van der Waals surface area contributed by atoms with Gasteiger partial charge in [0.1, 0.15) is 0 Å². The number of anilines is 2. The number of hydrogen-bond acceptors (Lipinski definition) is 4. The molecule has 0 aliphatic carbocycles. The largest absolute Gasteiger partial charge is 0.371 e. The van der Waals surface area contributed by atoms with Gasteiger partial charge in [0.2, 0.25) is 10.0 Å². The number of rotatable bonds is 5. The van der Waals surface area contributed by atoms with E-state index in [9.17, 15) is 13.2 Å². The van der Waals surface area contributed by atoms with Crippen molar-refractivity contribution in [3.8, 4) is 0 Å². The molecule has 0 saturated carbocycles. The van der Waals surface area contributed by atoms with E-state index in [0.29, 0.717) is 5.56 Å². The second-order valence-electron chi connectivity index (χ2n) is 7.79. The van der Waals surface area contributed by atoms with E-state index >= 15 is 0 Å². The van der Waals surface area contributed by atoms with Crippen LogP contribution in [0.4, 0.5) is 11.4 Å². The molecule has 0 spiro atoms. The molecule has 0 radical (unpaired) electrons. The van der Waals surface area contributed by atoms with Crippen LogP contribution in [0.25, 0.3) is 0 Å². The van der Waals surface area contributed by atoms with Gasteiger partial charge in [0.15, 0.2) is 0 Å². The smallest absolute Gasteiger partial charge is 0.257 e. The summed E-state index contributed by atoms with van der Waals surface area (Å²) in [5.74, 6) is -0.298. The lowest BCUT2D eigenvalue weighted by molar-refractivity contribution is 0.102. The molecule has 0 bridgehead atoms. The molecule has 1 saturated heterocycles. The Hall–Kier alpha value is -2.38. The molecule has 7 heteroatoms. The quantitative estimate of drug-likeness (QED) is 0.807. The van der Waals surface area contributed by atoms with Crippen molar-refractivity contribution >= 4 is 27.3 Å². The fourth-order valence-corrected chi connectivity index (χ4v) is 4.55. The molecule has 0 atom stereocenters. The summed E-state index contributed by atoms with van der Waals surface area (Å²) in [6.45, 7) is 5.68.